The molecular weight excluding hydrogens is 810 g/mol. The van der Waals surface area contributed by atoms with Crippen LogP contribution < -0.4 is 0 Å². The summed E-state index contributed by atoms with van der Waals surface area (Å²) in [6.45, 7) is 8.59. The van der Waals surface area contributed by atoms with E-state index in [1.807, 2.05) is 12.3 Å². The molecule has 1 fully saturated rings. The number of likely N-dealkylation sites (tertiary alicyclic amines) is 1. The zero-order valence-electron chi connectivity index (χ0n) is 29.1. The Morgan fingerprint density at radius 3 is 1.42 bits per heavy atom. The Kier molecular flexibility index (Phi) is 17.9. The van der Waals surface area contributed by atoms with Crippen LogP contribution in [-0.4, -0.2) is 120 Å². The molecule has 2 aliphatic heterocycles. The molecule has 25 heteroatoms. The van der Waals surface area contributed by atoms with E-state index in [1.54, 1.807) is 0 Å². The van der Waals surface area contributed by atoms with Crippen LogP contribution in [0.5, 0.6) is 0 Å². The van der Waals surface area contributed by atoms with Gasteiger partial charge in [-0.3, -0.25) is 14.8 Å². The summed E-state index contributed by atoms with van der Waals surface area (Å²) in [5.74, 6) is -9.76. The molecule has 1 aromatic carbocycles. The summed E-state index contributed by atoms with van der Waals surface area (Å²) in [6, 6.07) is 16.9. The van der Waals surface area contributed by atoms with Gasteiger partial charge in [-0.15, -0.1) is 0 Å². The number of aromatic nitrogens is 3. The minimum Gasteiger partial charge on any atom is -0.475 e. The number of hydrogen-bond donors (Lipinski definition) is 4. The molecule has 2 aromatic heterocycles. The fraction of sp³-hybridized carbons (Fsp3) is 0.438. The average Bonchev–Trinajstić information content (AvgIpc) is 3.55. The Morgan fingerprint density at radius 2 is 1.05 bits per heavy atom. The van der Waals surface area contributed by atoms with Gasteiger partial charge in [0.15, 0.2) is 0 Å². The standard InChI is InChI=1S/C24H29N5.4C2HF3O2/c1-2-28-16-17-29-22(20-8-4-3-5-9-20)18-26-23(29)24(28)11-14-27(15-12-24)19-21-10-6-7-13-25-21;4*3-2(4,5)1(6)7/h3-10,13,18H,2,11-12,14-17,19H2,1H3;4*(H,6,7). The molecule has 0 atom stereocenters. The first-order valence-corrected chi connectivity index (χ1v) is 15.8. The lowest BCUT2D eigenvalue weighted by atomic mass is 9.83. The molecule has 57 heavy (non-hydrogen) atoms. The van der Waals surface area contributed by atoms with E-state index < -0.39 is 48.6 Å². The quantitative estimate of drug-likeness (QED) is 0.215. The molecule has 13 nitrogen and oxygen atoms in total. The summed E-state index contributed by atoms with van der Waals surface area (Å²) in [7, 11) is 0. The van der Waals surface area contributed by atoms with Crippen molar-refractivity contribution in [3.05, 3.63) is 72.4 Å². The maximum absolute atomic E-state index is 10.6. The molecule has 0 bridgehead atoms. The van der Waals surface area contributed by atoms with Gasteiger partial charge in [-0.1, -0.05) is 43.3 Å². The van der Waals surface area contributed by atoms with Crippen LogP contribution in [0.4, 0.5) is 52.7 Å². The number of nitrogens with zero attached hydrogens (tertiary/aromatic N) is 5. The summed E-state index contributed by atoms with van der Waals surface area (Å²) in [6.07, 6.45) is -14.1. The van der Waals surface area contributed by atoms with Crippen molar-refractivity contribution in [1.29, 1.82) is 0 Å². The maximum Gasteiger partial charge on any atom is 0.490 e. The highest BCUT2D eigenvalue weighted by Gasteiger charge is 2.47. The molecule has 4 N–H and O–H groups in total. The Balaban J connectivity index is 0.000000473. The zero-order valence-corrected chi connectivity index (χ0v) is 29.1. The van der Waals surface area contributed by atoms with Crippen LogP contribution in [0.2, 0.25) is 0 Å². The fourth-order valence-electron chi connectivity index (χ4n) is 5.19. The van der Waals surface area contributed by atoms with Gasteiger partial charge in [-0.05, 0) is 37.1 Å². The smallest absolute Gasteiger partial charge is 0.475 e. The van der Waals surface area contributed by atoms with Gasteiger partial charge in [0.25, 0.3) is 0 Å². The second kappa shape index (κ2) is 20.6. The second-order valence-corrected chi connectivity index (χ2v) is 11.4. The third kappa shape index (κ3) is 15.9. The van der Waals surface area contributed by atoms with E-state index in [0.29, 0.717) is 0 Å². The first-order valence-electron chi connectivity index (χ1n) is 15.8. The van der Waals surface area contributed by atoms with Crippen molar-refractivity contribution in [1.82, 2.24) is 24.3 Å². The second-order valence-electron chi connectivity index (χ2n) is 11.4. The molecular formula is C32H33F12N5O8. The Bertz CT molecular complexity index is 1650. The van der Waals surface area contributed by atoms with Crippen molar-refractivity contribution in [2.75, 3.05) is 26.2 Å². The lowest BCUT2D eigenvalue weighted by Gasteiger charge is -2.50. The Morgan fingerprint density at radius 1 is 0.632 bits per heavy atom. The molecule has 0 saturated carbocycles. The number of carbonyl (C=O) groups is 4. The number of pyridine rings is 1. The van der Waals surface area contributed by atoms with Crippen molar-refractivity contribution in [3.63, 3.8) is 0 Å². The maximum atomic E-state index is 10.6. The van der Waals surface area contributed by atoms with Crippen LogP contribution in [0, 0.1) is 0 Å². The normalized spacial score (nSPS) is 15.4. The number of carboxylic acids is 4. The molecule has 1 spiro atoms. The van der Waals surface area contributed by atoms with Crippen molar-refractivity contribution < 1.29 is 92.3 Å². The number of imidazole rings is 1. The summed E-state index contributed by atoms with van der Waals surface area (Å²) < 4.78 is 129. The molecule has 318 valence electrons. The Labute approximate surface area is 313 Å². The first-order chi connectivity index (χ1) is 26.1. The van der Waals surface area contributed by atoms with Crippen LogP contribution in [-0.2, 0) is 37.8 Å². The van der Waals surface area contributed by atoms with Crippen molar-refractivity contribution in [2.45, 2.75) is 63.1 Å². The van der Waals surface area contributed by atoms with Gasteiger partial charge in [0.1, 0.15) is 5.82 Å². The molecule has 5 rings (SSSR count). The molecule has 2 aliphatic rings. The zero-order chi connectivity index (χ0) is 44.0. The third-order valence-corrected chi connectivity index (χ3v) is 7.69. The summed E-state index contributed by atoms with van der Waals surface area (Å²) in [4.78, 5) is 50.3. The minimum absolute atomic E-state index is 0.0562. The van der Waals surface area contributed by atoms with E-state index in [9.17, 15) is 52.7 Å². The van der Waals surface area contributed by atoms with Gasteiger partial charge in [0.05, 0.1) is 23.1 Å². The number of likely N-dealkylation sites (N-methyl/N-ethyl adjacent to an activating group) is 1. The van der Waals surface area contributed by atoms with E-state index in [-0.39, 0.29) is 5.54 Å². The van der Waals surface area contributed by atoms with E-state index in [1.165, 1.54) is 17.1 Å². The molecule has 0 amide bonds. The number of hydrogen-bond acceptors (Lipinski definition) is 8. The minimum atomic E-state index is -5.08. The number of carboxylic acid groups (broad SMARTS) is 4. The highest BCUT2D eigenvalue weighted by molar-refractivity contribution is 5.74. The predicted octanol–water partition coefficient (Wildman–Crippen LogP) is 6.31. The fourth-order valence-corrected chi connectivity index (χ4v) is 5.19. The van der Waals surface area contributed by atoms with E-state index >= 15 is 0 Å². The Hall–Kier alpha value is -5.46. The third-order valence-electron chi connectivity index (χ3n) is 7.69. The number of alkyl halides is 12. The number of rotatable bonds is 4. The average molecular weight is 844 g/mol. The lowest BCUT2D eigenvalue weighted by Crippen LogP contribution is -2.57. The highest BCUT2D eigenvalue weighted by atomic mass is 19.4. The van der Waals surface area contributed by atoms with Gasteiger partial charge in [-0.2, -0.15) is 52.7 Å². The summed E-state index contributed by atoms with van der Waals surface area (Å²) in [5.41, 5.74) is 3.73. The van der Waals surface area contributed by atoms with Crippen LogP contribution in [0.15, 0.2) is 60.9 Å². The molecule has 3 aromatic rings. The predicted molar refractivity (Wildman–Crippen MR) is 170 cm³/mol. The van der Waals surface area contributed by atoms with Crippen LogP contribution >= 0.6 is 0 Å². The van der Waals surface area contributed by atoms with Crippen LogP contribution in [0.3, 0.4) is 0 Å². The van der Waals surface area contributed by atoms with Gasteiger partial charge >= 0.3 is 48.6 Å². The van der Waals surface area contributed by atoms with E-state index in [2.05, 4.69) is 74.9 Å². The van der Waals surface area contributed by atoms with Crippen LogP contribution in [0.25, 0.3) is 11.3 Å². The van der Waals surface area contributed by atoms with Crippen molar-refractivity contribution in [2.24, 2.45) is 0 Å². The number of piperidine rings is 1. The van der Waals surface area contributed by atoms with E-state index in [4.69, 9.17) is 44.6 Å². The monoisotopic (exact) mass is 843 g/mol. The van der Waals surface area contributed by atoms with Crippen LogP contribution in [0.1, 0.15) is 31.3 Å². The van der Waals surface area contributed by atoms with E-state index in [0.717, 1.165) is 57.8 Å². The summed E-state index contributed by atoms with van der Waals surface area (Å²) >= 11 is 0. The highest BCUT2D eigenvalue weighted by Crippen LogP contribution is 2.42. The first kappa shape index (κ1) is 49.6. The number of benzene rings is 1. The molecule has 1 saturated heterocycles. The lowest BCUT2D eigenvalue weighted by molar-refractivity contribution is -0.193. The summed E-state index contributed by atoms with van der Waals surface area (Å²) in [5, 5.41) is 28.5. The largest absolute Gasteiger partial charge is 0.490 e. The molecule has 0 radical (unpaired) electrons. The van der Waals surface area contributed by atoms with Crippen molar-refractivity contribution in [3.8, 4) is 11.3 Å². The van der Waals surface area contributed by atoms with Gasteiger partial charge in [-0.25, -0.2) is 24.2 Å². The SMILES string of the molecule is CCN1CCn2c(-c3ccccc3)cnc2C12CCN(Cc1ccccn1)CC2.O=C(O)C(F)(F)F.O=C(O)C(F)(F)F.O=C(O)C(F)(F)F.O=C(O)C(F)(F)F. The topological polar surface area (TPSA) is 186 Å². The number of halogens is 12. The van der Waals surface area contributed by atoms with Gasteiger partial charge < -0.3 is 25.0 Å². The molecule has 0 aliphatic carbocycles. The molecule has 4 heterocycles. The van der Waals surface area contributed by atoms with Crippen molar-refractivity contribution >= 4 is 23.9 Å². The number of fused-ring (bicyclic) bond motifs is 2. The van der Waals surface area contributed by atoms with Gasteiger partial charge in [0.2, 0.25) is 0 Å². The number of aliphatic carboxylic acids is 4. The molecule has 0 unspecified atom stereocenters. The van der Waals surface area contributed by atoms with Gasteiger partial charge in [0, 0.05) is 38.9 Å².